The number of alkyl halides is 1. The summed E-state index contributed by atoms with van der Waals surface area (Å²) in [5.41, 5.74) is 1.19. The van der Waals surface area contributed by atoms with Gasteiger partial charge >= 0.3 is 11.7 Å². The van der Waals surface area contributed by atoms with Gasteiger partial charge in [0.1, 0.15) is 30.3 Å². The molecule has 1 aliphatic heterocycles. The molecule has 290 valence electrons. The second-order valence-electron chi connectivity index (χ2n) is 12.5. The number of esters is 1. The maximum absolute atomic E-state index is 15.0. The van der Waals surface area contributed by atoms with Gasteiger partial charge in [-0.05, 0) is 54.8 Å². The number of hydrogen-bond donors (Lipinski definition) is 3. The molecule has 2 heterocycles. The predicted molar refractivity (Wildman–Crippen MR) is 209 cm³/mol. The van der Waals surface area contributed by atoms with Crippen molar-refractivity contribution in [3.63, 3.8) is 0 Å². The molecule has 0 spiro atoms. The van der Waals surface area contributed by atoms with Crippen molar-refractivity contribution in [1.82, 2.24) is 19.8 Å². The van der Waals surface area contributed by atoms with Crippen molar-refractivity contribution >= 4 is 35.6 Å². The van der Waals surface area contributed by atoms with E-state index in [1.807, 2.05) is 53.9 Å². The standard InChI is InChI=1S/C38H51FN4O8S2/c1-27(44)50-24-33-35(45)34(39)37(51-33)43-23-30(36(46)41-38(43)47)7-5-4-6-18-42(20-22-53-26-29-10-14-32(49-3)15-11-29)19-16-40-17-21-52-25-28-8-12-31(48-2)13-9-28/h5,7-15,23,33-35,37,40,45H,4,6,16-22,24-26H2,1-3H3,(H,41,46,47)/b7-5+/t33-,34-,35-,37-/m1/s1. The van der Waals surface area contributed by atoms with E-state index in [9.17, 15) is 23.9 Å². The molecule has 0 saturated carbocycles. The fourth-order valence-corrected chi connectivity index (χ4v) is 7.40. The molecular weight excluding hydrogens is 724 g/mol. The smallest absolute Gasteiger partial charge is 0.330 e. The summed E-state index contributed by atoms with van der Waals surface area (Å²) in [4.78, 5) is 40.9. The van der Waals surface area contributed by atoms with Gasteiger partial charge in [0.2, 0.25) is 0 Å². The molecule has 3 aromatic rings. The first-order chi connectivity index (χ1) is 25.7. The number of hydrogen-bond acceptors (Lipinski definition) is 12. The molecule has 0 bridgehead atoms. The van der Waals surface area contributed by atoms with Crippen molar-refractivity contribution in [2.75, 3.05) is 65.1 Å². The number of nitrogens with zero attached hydrogens (tertiary/aromatic N) is 2. The van der Waals surface area contributed by atoms with Crippen molar-refractivity contribution in [3.05, 3.63) is 98.3 Å². The fourth-order valence-electron chi connectivity index (χ4n) is 5.58. The zero-order valence-corrected chi connectivity index (χ0v) is 32.2. The lowest BCUT2D eigenvalue weighted by molar-refractivity contribution is -0.147. The van der Waals surface area contributed by atoms with Crippen LogP contribution in [0.25, 0.3) is 6.08 Å². The number of benzene rings is 2. The van der Waals surface area contributed by atoms with Crippen LogP contribution in [0.5, 0.6) is 11.5 Å². The molecule has 0 unspecified atom stereocenters. The Morgan fingerprint density at radius 1 is 0.981 bits per heavy atom. The summed E-state index contributed by atoms with van der Waals surface area (Å²) in [5, 5.41) is 13.8. The lowest BCUT2D eigenvalue weighted by Gasteiger charge is -2.22. The topological polar surface area (TPSA) is 144 Å². The minimum Gasteiger partial charge on any atom is -0.497 e. The molecule has 3 N–H and O–H groups in total. The predicted octanol–water partition coefficient (Wildman–Crippen LogP) is 4.27. The SMILES string of the molecule is COc1ccc(CSCCNCCN(CCC/C=C/c2cn([C@@H]3O[C@H](COC(C)=O)[C@@H](O)[C@H]3F)c(=O)[nH]c2=O)CCSCc2ccc(OC)cc2)cc1. The number of ether oxygens (including phenoxy) is 4. The van der Waals surface area contributed by atoms with Gasteiger partial charge in [0.15, 0.2) is 12.4 Å². The number of aliphatic hydroxyl groups excluding tert-OH is 1. The van der Waals surface area contributed by atoms with Gasteiger partial charge in [-0.2, -0.15) is 23.5 Å². The molecule has 1 aromatic heterocycles. The zero-order valence-electron chi connectivity index (χ0n) is 30.5. The molecule has 15 heteroatoms. The van der Waals surface area contributed by atoms with Crippen molar-refractivity contribution < 1.29 is 33.2 Å². The summed E-state index contributed by atoms with van der Waals surface area (Å²) in [6.07, 6.45) is -0.0137. The number of H-pyrrole nitrogens is 1. The van der Waals surface area contributed by atoms with Gasteiger partial charge in [-0.25, -0.2) is 9.18 Å². The first kappa shape index (κ1) is 42.1. The van der Waals surface area contributed by atoms with E-state index in [0.29, 0.717) is 6.42 Å². The van der Waals surface area contributed by atoms with Crippen LogP contribution in [0.15, 0.2) is 70.4 Å². The Hall–Kier alpha value is -3.60. The number of nitrogens with one attached hydrogen (secondary N) is 2. The molecule has 0 radical (unpaired) electrons. The van der Waals surface area contributed by atoms with Crippen LogP contribution in [0, 0.1) is 0 Å². The number of aliphatic hydroxyl groups is 1. The van der Waals surface area contributed by atoms with Crippen molar-refractivity contribution in [1.29, 1.82) is 0 Å². The Kier molecular flexibility index (Phi) is 18.0. The molecule has 4 rings (SSSR count). The van der Waals surface area contributed by atoms with Crippen LogP contribution in [0.1, 0.15) is 42.7 Å². The summed E-state index contributed by atoms with van der Waals surface area (Å²) < 4.78 is 36.7. The molecule has 1 aliphatic rings. The van der Waals surface area contributed by atoms with Crippen LogP contribution in [-0.4, -0.2) is 109 Å². The van der Waals surface area contributed by atoms with Crippen molar-refractivity contribution in [3.8, 4) is 11.5 Å². The van der Waals surface area contributed by atoms with Gasteiger partial charge in [0, 0.05) is 62.3 Å². The molecule has 12 nitrogen and oxygen atoms in total. The van der Waals surface area contributed by atoms with E-state index >= 15 is 0 Å². The van der Waals surface area contributed by atoms with Crippen LogP contribution in [-0.2, 0) is 25.8 Å². The van der Waals surface area contributed by atoms with E-state index in [2.05, 4.69) is 39.5 Å². The van der Waals surface area contributed by atoms with Gasteiger partial charge in [-0.3, -0.25) is 19.1 Å². The number of allylic oxidation sites excluding steroid dienone is 1. The second kappa shape index (κ2) is 22.6. The molecule has 4 atom stereocenters. The number of aromatic nitrogens is 2. The Morgan fingerprint density at radius 3 is 2.25 bits per heavy atom. The second-order valence-corrected chi connectivity index (χ2v) is 14.7. The van der Waals surface area contributed by atoms with Crippen molar-refractivity contribution in [2.45, 2.75) is 55.9 Å². The van der Waals surface area contributed by atoms with Gasteiger partial charge in [0.25, 0.3) is 5.56 Å². The summed E-state index contributed by atoms with van der Waals surface area (Å²) in [5.74, 6) is 4.96. The van der Waals surface area contributed by atoms with Gasteiger partial charge < -0.3 is 34.3 Å². The maximum atomic E-state index is 15.0. The normalized spacial score (nSPS) is 18.5. The number of carbonyl (C=O) groups excluding carboxylic acids is 1. The van der Waals surface area contributed by atoms with Crippen LogP contribution in [0.2, 0.25) is 0 Å². The number of unbranched alkanes of at least 4 members (excludes halogenated alkanes) is 1. The largest absolute Gasteiger partial charge is 0.497 e. The van der Waals surface area contributed by atoms with Gasteiger partial charge in [0.05, 0.1) is 19.8 Å². The maximum Gasteiger partial charge on any atom is 0.330 e. The number of rotatable bonds is 23. The number of methoxy groups -OCH3 is 2. The quantitative estimate of drug-likeness (QED) is 0.0936. The van der Waals surface area contributed by atoms with Crippen LogP contribution >= 0.6 is 23.5 Å². The summed E-state index contributed by atoms with van der Waals surface area (Å²) >= 11 is 3.78. The fraction of sp³-hybridized carbons (Fsp3) is 0.500. The molecule has 1 fully saturated rings. The van der Waals surface area contributed by atoms with E-state index in [1.165, 1.54) is 24.2 Å². The highest BCUT2D eigenvalue weighted by molar-refractivity contribution is 7.98. The number of thioether (sulfide) groups is 2. The van der Waals surface area contributed by atoms with Crippen LogP contribution < -0.4 is 26.0 Å². The Bertz CT molecular complexity index is 1690. The van der Waals surface area contributed by atoms with Crippen molar-refractivity contribution in [2.24, 2.45) is 0 Å². The van der Waals surface area contributed by atoms with Crippen LogP contribution in [0.4, 0.5) is 4.39 Å². The number of halogens is 1. The first-order valence-electron chi connectivity index (χ1n) is 17.7. The minimum absolute atomic E-state index is 0.152. The molecule has 53 heavy (non-hydrogen) atoms. The Morgan fingerprint density at radius 2 is 1.62 bits per heavy atom. The highest BCUT2D eigenvalue weighted by Gasteiger charge is 2.46. The molecule has 2 aromatic carbocycles. The molecule has 0 amide bonds. The average molecular weight is 775 g/mol. The number of aromatic amines is 1. The van der Waals surface area contributed by atoms with Gasteiger partial charge in [-0.15, -0.1) is 0 Å². The number of carbonyl (C=O) groups is 1. The van der Waals surface area contributed by atoms with E-state index in [4.69, 9.17) is 18.9 Å². The third kappa shape index (κ3) is 14.0. The van der Waals surface area contributed by atoms with E-state index in [-0.39, 0.29) is 12.2 Å². The lowest BCUT2D eigenvalue weighted by Crippen LogP contribution is -2.37. The average Bonchev–Trinajstić information content (AvgIpc) is 3.44. The molecule has 0 aliphatic carbocycles. The summed E-state index contributed by atoms with van der Waals surface area (Å²) in [6, 6.07) is 16.3. The van der Waals surface area contributed by atoms with Gasteiger partial charge in [-0.1, -0.05) is 36.4 Å². The highest BCUT2D eigenvalue weighted by Crippen LogP contribution is 2.31. The summed E-state index contributed by atoms with van der Waals surface area (Å²) in [7, 11) is 3.33. The Labute approximate surface area is 318 Å². The lowest BCUT2D eigenvalue weighted by atomic mass is 10.1. The monoisotopic (exact) mass is 774 g/mol. The highest BCUT2D eigenvalue weighted by atomic mass is 32.2. The summed E-state index contributed by atoms with van der Waals surface area (Å²) in [6.45, 7) is 5.30. The molecular formula is C38H51FN4O8S2. The zero-order chi connectivity index (χ0) is 38.0. The third-order valence-electron chi connectivity index (χ3n) is 8.59. The van der Waals surface area contributed by atoms with E-state index in [0.717, 1.165) is 78.2 Å². The first-order valence-corrected chi connectivity index (χ1v) is 20.0. The Balaban J connectivity index is 1.25. The van der Waals surface area contributed by atoms with E-state index < -0.39 is 41.8 Å². The third-order valence-corrected chi connectivity index (χ3v) is 10.6. The molecule has 1 saturated heterocycles. The minimum atomic E-state index is -1.97. The van der Waals surface area contributed by atoms with E-state index in [1.54, 1.807) is 20.3 Å². The van der Waals surface area contributed by atoms with Crippen LogP contribution in [0.3, 0.4) is 0 Å².